The highest BCUT2D eigenvalue weighted by Crippen LogP contribution is 2.23. The summed E-state index contributed by atoms with van der Waals surface area (Å²) in [5, 5.41) is 11.9. The van der Waals surface area contributed by atoms with Crippen molar-refractivity contribution in [2.24, 2.45) is 10.9 Å². The molecular formula is C13H17BrClN3O3. The Morgan fingerprint density at radius 1 is 1.52 bits per heavy atom. The highest BCUT2D eigenvalue weighted by atomic mass is 79.9. The van der Waals surface area contributed by atoms with Gasteiger partial charge in [0, 0.05) is 36.7 Å². The number of halogens is 2. The maximum Gasteiger partial charge on any atom is 0.253 e. The van der Waals surface area contributed by atoms with E-state index in [-0.39, 0.29) is 18.2 Å². The number of oxime groups is 1. The second kappa shape index (κ2) is 8.86. The van der Waals surface area contributed by atoms with Crippen LogP contribution in [-0.2, 0) is 4.74 Å². The smallest absolute Gasteiger partial charge is 0.253 e. The summed E-state index contributed by atoms with van der Waals surface area (Å²) < 4.78 is 5.72. The van der Waals surface area contributed by atoms with E-state index < -0.39 is 0 Å². The van der Waals surface area contributed by atoms with E-state index in [4.69, 9.17) is 27.3 Å². The summed E-state index contributed by atoms with van der Waals surface area (Å²) in [6.45, 7) is 1.12. The number of hydrogen-bond donors (Lipinski definition) is 2. The molecule has 0 aliphatic carbocycles. The highest BCUT2D eigenvalue weighted by Gasteiger charge is 2.17. The third-order valence-electron chi connectivity index (χ3n) is 2.79. The molecule has 0 radical (unpaired) electrons. The van der Waals surface area contributed by atoms with Gasteiger partial charge in [0.25, 0.3) is 5.91 Å². The number of amidine groups is 1. The molecule has 0 saturated heterocycles. The van der Waals surface area contributed by atoms with Gasteiger partial charge in [0.2, 0.25) is 0 Å². The van der Waals surface area contributed by atoms with Crippen molar-refractivity contribution in [3.63, 3.8) is 0 Å². The quantitative estimate of drug-likeness (QED) is 0.330. The average Bonchev–Trinajstić information content (AvgIpc) is 2.49. The zero-order chi connectivity index (χ0) is 15.8. The van der Waals surface area contributed by atoms with Gasteiger partial charge in [-0.1, -0.05) is 16.8 Å². The van der Waals surface area contributed by atoms with Gasteiger partial charge in [-0.05, 0) is 34.1 Å². The Bertz CT molecular complexity index is 525. The molecule has 1 rings (SSSR count). The van der Waals surface area contributed by atoms with Crippen LogP contribution in [0.15, 0.2) is 27.8 Å². The number of nitrogens with zero attached hydrogens (tertiary/aromatic N) is 2. The van der Waals surface area contributed by atoms with Crippen LogP contribution in [-0.4, -0.2) is 48.7 Å². The summed E-state index contributed by atoms with van der Waals surface area (Å²) in [7, 11) is 1.56. The average molecular weight is 379 g/mol. The maximum absolute atomic E-state index is 12.5. The van der Waals surface area contributed by atoms with Crippen LogP contribution in [0.5, 0.6) is 0 Å². The number of ether oxygens (including phenoxy) is 1. The van der Waals surface area contributed by atoms with Gasteiger partial charge >= 0.3 is 0 Å². The Labute approximate surface area is 136 Å². The molecule has 0 aliphatic rings. The van der Waals surface area contributed by atoms with E-state index in [1.54, 1.807) is 30.2 Å². The molecule has 0 aliphatic heterocycles. The largest absolute Gasteiger partial charge is 0.409 e. The Morgan fingerprint density at radius 2 is 2.24 bits per heavy atom. The molecule has 0 fully saturated rings. The number of nitrogens with two attached hydrogens (primary N) is 1. The van der Waals surface area contributed by atoms with E-state index in [0.29, 0.717) is 30.3 Å². The number of benzene rings is 1. The Morgan fingerprint density at radius 3 is 2.81 bits per heavy atom. The molecule has 1 amide bonds. The predicted molar refractivity (Wildman–Crippen MR) is 85.0 cm³/mol. The minimum Gasteiger partial charge on any atom is -0.409 e. The fraction of sp³-hybridized carbons (Fsp3) is 0.385. The molecule has 0 heterocycles. The number of rotatable bonds is 7. The van der Waals surface area contributed by atoms with E-state index in [9.17, 15) is 4.79 Å². The van der Waals surface area contributed by atoms with Gasteiger partial charge in [-0.2, -0.15) is 0 Å². The lowest BCUT2D eigenvalue weighted by atomic mass is 10.2. The van der Waals surface area contributed by atoms with Gasteiger partial charge in [-0.3, -0.25) is 4.79 Å². The number of amides is 1. The molecule has 116 valence electrons. The first kappa shape index (κ1) is 17.7. The van der Waals surface area contributed by atoms with E-state index in [1.165, 1.54) is 0 Å². The first-order chi connectivity index (χ1) is 9.99. The van der Waals surface area contributed by atoms with Crippen LogP contribution in [0, 0.1) is 0 Å². The van der Waals surface area contributed by atoms with Gasteiger partial charge < -0.3 is 20.6 Å². The molecule has 0 unspecified atom stereocenters. The van der Waals surface area contributed by atoms with Crippen LogP contribution < -0.4 is 5.73 Å². The van der Waals surface area contributed by atoms with Gasteiger partial charge in [0.1, 0.15) is 5.84 Å². The lowest BCUT2D eigenvalue weighted by molar-refractivity contribution is 0.0700. The molecule has 0 saturated carbocycles. The lowest BCUT2D eigenvalue weighted by Crippen LogP contribution is -2.36. The summed E-state index contributed by atoms with van der Waals surface area (Å²) in [6, 6.07) is 4.99. The molecule has 6 nitrogen and oxygen atoms in total. The highest BCUT2D eigenvalue weighted by molar-refractivity contribution is 9.10. The molecule has 0 bridgehead atoms. The minimum atomic E-state index is -0.188. The summed E-state index contributed by atoms with van der Waals surface area (Å²) in [4.78, 5) is 14.0. The standard InChI is InChI=1S/C13H17BrClN3O3/c1-21-7-6-18(5-4-12(16)17-20)13(19)9-2-3-10(14)11(15)8-9/h2-3,8,20H,4-7H2,1H3,(H2,16,17). The van der Waals surface area contributed by atoms with Crippen molar-refractivity contribution in [3.8, 4) is 0 Å². The third kappa shape index (κ3) is 5.53. The molecule has 0 aromatic heterocycles. The van der Waals surface area contributed by atoms with Crippen LogP contribution in [0.1, 0.15) is 16.8 Å². The Hall–Kier alpha value is -1.31. The number of hydrogen-bond acceptors (Lipinski definition) is 4. The van der Waals surface area contributed by atoms with Crippen molar-refractivity contribution >= 4 is 39.3 Å². The lowest BCUT2D eigenvalue weighted by Gasteiger charge is -2.22. The van der Waals surface area contributed by atoms with Gasteiger partial charge in [0.15, 0.2) is 0 Å². The van der Waals surface area contributed by atoms with E-state index >= 15 is 0 Å². The molecule has 3 N–H and O–H groups in total. The SMILES string of the molecule is COCCN(CC/C(N)=N/O)C(=O)c1ccc(Br)c(Cl)c1. The van der Waals surface area contributed by atoms with Crippen molar-refractivity contribution in [2.75, 3.05) is 26.8 Å². The van der Waals surface area contributed by atoms with E-state index in [0.717, 1.165) is 4.47 Å². The molecule has 21 heavy (non-hydrogen) atoms. The first-order valence-corrected chi connectivity index (χ1v) is 7.36. The molecular weight excluding hydrogens is 362 g/mol. The monoisotopic (exact) mass is 377 g/mol. The van der Waals surface area contributed by atoms with Crippen LogP contribution >= 0.6 is 27.5 Å². The van der Waals surface area contributed by atoms with Crippen molar-refractivity contribution in [2.45, 2.75) is 6.42 Å². The molecule has 0 atom stereocenters. The zero-order valence-corrected chi connectivity index (χ0v) is 13.9. The second-order valence-electron chi connectivity index (χ2n) is 4.26. The molecule has 0 spiro atoms. The normalized spacial score (nSPS) is 11.5. The predicted octanol–water partition coefficient (Wildman–Crippen LogP) is 2.33. The maximum atomic E-state index is 12.5. The van der Waals surface area contributed by atoms with Crippen molar-refractivity contribution in [1.29, 1.82) is 0 Å². The number of methoxy groups -OCH3 is 1. The van der Waals surface area contributed by atoms with E-state index in [2.05, 4.69) is 21.1 Å². The summed E-state index contributed by atoms with van der Waals surface area (Å²) in [6.07, 6.45) is 0.274. The van der Waals surface area contributed by atoms with Gasteiger partial charge in [-0.25, -0.2) is 0 Å². The first-order valence-electron chi connectivity index (χ1n) is 6.19. The van der Waals surface area contributed by atoms with Crippen LogP contribution in [0.4, 0.5) is 0 Å². The van der Waals surface area contributed by atoms with Crippen molar-refractivity contribution in [3.05, 3.63) is 33.3 Å². The summed E-state index contributed by atoms with van der Waals surface area (Å²) >= 11 is 9.28. The number of carbonyl (C=O) groups is 1. The Balaban J connectivity index is 2.84. The fourth-order valence-corrected chi connectivity index (χ4v) is 2.05. The van der Waals surface area contributed by atoms with Crippen LogP contribution in [0.3, 0.4) is 0 Å². The number of carbonyl (C=O) groups excluding carboxylic acids is 1. The van der Waals surface area contributed by atoms with Gasteiger partial charge in [-0.15, -0.1) is 0 Å². The van der Waals surface area contributed by atoms with Crippen LogP contribution in [0.25, 0.3) is 0 Å². The summed E-state index contributed by atoms with van der Waals surface area (Å²) in [5.74, 6) is -0.119. The summed E-state index contributed by atoms with van der Waals surface area (Å²) in [5.41, 5.74) is 5.91. The minimum absolute atomic E-state index is 0.0686. The molecule has 1 aromatic rings. The topological polar surface area (TPSA) is 88.2 Å². The molecule has 1 aromatic carbocycles. The fourth-order valence-electron chi connectivity index (χ4n) is 1.63. The van der Waals surface area contributed by atoms with E-state index in [1.807, 2.05) is 0 Å². The third-order valence-corrected chi connectivity index (χ3v) is 4.02. The zero-order valence-electron chi connectivity index (χ0n) is 11.6. The molecule has 8 heteroatoms. The van der Waals surface area contributed by atoms with Crippen LogP contribution in [0.2, 0.25) is 5.02 Å². The van der Waals surface area contributed by atoms with Gasteiger partial charge in [0.05, 0.1) is 11.6 Å². The van der Waals surface area contributed by atoms with Crippen molar-refractivity contribution < 1.29 is 14.7 Å². The van der Waals surface area contributed by atoms with Crippen molar-refractivity contribution in [1.82, 2.24) is 4.90 Å². The second-order valence-corrected chi connectivity index (χ2v) is 5.52. The Kier molecular flexibility index (Phi) is 7.49.